The number of alkyl halides is 1. The minimum Gasteiger partial charge on any atom is -0.342 e. The van der Waals surface area contributed by atoms with E-state index < -0.39 is 0 Å². The smallest absolute Gasteiger partial charge is 0.226 e. The quantitative estimate of drug-likeness (QED) is 0.757. The summed E-state index contributed by atoms with van der Waals surface area (Å²) in [7, 11) is 0. The number of nitrogens with zero attached hydrogens (tertiary/aromatic N) is 1. The first-order chi connectivity index (χ1) is 8.22. The lowest BCUT2D eigenvalue weighted by Crippen LogP contribution is -2.33. The third-order valence-electron chi connectivity index (χ3n) is 3.42. The van der Waals surface area contributed by atoms with E-state index >= 15 is 0 Å². The van der Waals surface area contributed by atoms with Crippen LogP contribution in [0.3, 0.4) is 0 Å². The number of amides is 1. The molecular weight excluding hydrogens is 234 g/mol. The molecule has 0 bridgehead atoms. The van der Waals surface area contributed by atoms with Crippen molar-refractivity contribution in [1.82, 2.24) is 4.90 Å². The third-order valence-corrected chi connectivity index (χ3v) is 3.89. The van der Waals surface area contributed by atoms with E-state index in [0.29, 0.717) is 11.8 Å². The van der Waals surface area contributed by atoms with Crippen LogP contribution in [0.15, 0.2) is 30.3 Å². The summed E-state index contributed by atoms with van der Waals surface area (Å²) in [5.74, 6) is 1.03. The number of halogens is 1. The maximum absolute atomic E-state index is 12.0. The van der Waals surface area contributed by atoms with Gasteiger partial charge in [-0.1, -0.05) is 37.3 Å². The Kier molecular flexibility index (Phi) is 4.06. The van der Waals surface area contributed by atoms with Crippen LogP contribution in [-0.4, -0.2) is 29.8 Å². The van der Waals surface area contributed by atoms with Crippen LogP contribution in [-0.2, 0) is 4.79 Å². The predicted molar refractivity (Wildman–Crippen MR) is 70.3 cm³/mol. The number of hydrogen-bond acceptors (Lipinski definition) is 1. The highest BCUT2D eigenvalue weighted by atomic mass is 35.5. The first kappa shape index (κ1) is 12.4. The zero-order chi connectivity index (χ0) is 12.3. The second-order valence-corrected chi connectivity index (χ2v) is 5.04. The molecule has 2 nitrogen and oxygen atoms in total. The molecule has 1 aromatic carbocycles. The van der Waals surface area contributed by atoms with Crippen LogP contribution in [0.4, 0.5) is 0 Å². The first-order valence-electron chi connectivity index (χ1n) is 6.12. The molecule has 0 saturated carbocycles. The van der Waals surface area contributed by atoms with Crippen molar-refractivity contribution in [3.63, 3.8) is 0 Å². The predicted octanol–water partition coefficient (Wildman–Crippen LogP) is 2.88. The van der Waals surface area contributed by atoms with E-state index in [1.54, 1.807) is 0 Å². The van der Waals surface area contributed by atoms with Gasteiger partial charge >= 0.3 is 0 Å². The van der Waals surface area contributed by atoms with Crippen LogP contribution >= 0.6 is 11.6 Å². The van der Waals surface area contributed by atoms with Crippen LogP contribution in [0.1, 0.15) is 24.8 Å². The van der Waals surface area contributed by atoms with Gasteiger partial charge in [-0.25, -0.2) is 0 Å². The van der Waals surface area contributed by atoms with Crippen LogP contribution < -0.4 is 0 Å². The van der Waals surface area contributed by atoms with E-state index in [9.17, 15) is 4.79 Å². The number of benzene rings is 1. The normalized spacial score (nSPS) is 21.5. The standard InChI is InChI=1S/C14H18ClNO/c1-11(9-15)14(17)16-8-7-13(10-16)12-5-3-2-4-6-12/h2-6,11,13H,7-10H2,1H3. The van der Waals surface area contributed by atoms with Gasteiger partial charge in [0.25, 0.3) is 0 Å². The van der Waals surface area contributed by atoms with Crippen LogP contribution in [0, 0.1) is 5.92 Å². The molecule has 1 amide bonds. The molecule has 1 aliphatic rings. The first-order valence-corrected chi connectivity index (χ1v) is 6.65. The highest BCUT2D eigenvalue weighted by molar-refractivity contribution is 6.19. The Bertz CT molecular complexity index is 379. The Hall–Kier alpha value is -1.02. The minimum atomic E-state index is -0.0637. The van der Waals surface area contributed by atoms with E-state index in [1.807, 2.05) is 17.9 Å². The lowest BCUT2D eigenvalue weighted by atomic mass is 9.99. The summed E-state index contributed by atoms with van der Waals surface area (Å²) in [6.07, 6.45) is 1.06. The van der Waals surface area contributed by atoms with Crippen molar-refractivity contribution in [3.05, 3.63) is 35.9 Å². The molecule has 2 unspecified atom stereocenters. The van der Waals surface area contributed by atoms with Gasteiger partial charge in [-0.3, -0.25) is 4.79 Å². The summed E-state index contributed by atoms with van der Waals surface area (Å²) in [5, 5.41) is 0. The number of carbonyl (C=O) groups is 1. The molecule has 0 aromatic heterocycles. The van der Waals surface area contributed by atoms with Crippen molar-refractivity contribution in [2.45, 2.75) is 19.3 Å². The average molecular weight is 252 g/mol. The molecule has 17 heavy (non-hydrogen) atoms. The van der Waals surface area contributed by atoms with Gasteiger partial charge in [0.05, 0.1) is 0 Å². The van der Waals surface area contributed by atoms with E-state index in [-0.39, 0.29) is 11.8 Å². The number of hydrogen-bond donors (Lipinski definition) is 0. The highest BCUT2D eigenvalue weighted by Gasteiger charge is 2.29. The second kappa shape index (κ2) is 5.54. The zero-order valence-electron chi connectivity index (χ0n) is 10.1. The fourth-order valence-electron chi connectivity index (χ4n) is 2.34. The Morgan fingerprint density at radius 3 is 2.82 bits per heavy atom. The molecular formula is C14H18ClNO. The van der Waals surface area contributed by atoms with Gasteiger partial charge in [0.15, 0.2) is 0 Å². The fourth-order valence-corrected chi connectivity index (χ4v) is 2.47. The van der Waals surface area contributed by atoms with Gasteiger partial charge in [0, 0.05) is 30.8 Å². The number of likely N-dealkylation sites (tertiary alicyclic amines) is 1. The fraction of sp³-hybridized carbons (Fsp3) is 0.500. The molecule has 1 saturated heterocycles. The van der Waals surface area contributed by atoms with E-state index in [0.717, 1.165) is 19.5 Å². The van der Waals surface area contributed by atoms with Gasteiger partial charge in [-0.15, -0.1) is 11.6 Å². The van der Waals surface area contributed by atoms with Gasteiger partial charge in [-0.2, -0.15) is 0 Å². The largest absolute Gasteiger partial charge is 0.342 e. The number of rotatable bonds is 3. The molecule has 3 heteroatoms. The van der Waals surface area contributed by atoms with Gasteiger partial charge in [0.1, 0.15) is 0 Å². The summed E-state index contributed by atoms with van der Waals surface area (Å²) in [6, 6.07) is 10.4. The van der Waals surface area contributed by atoms with E-state index in [1.165, 1.54) is 5.56 Å². The lowest BCUT2D eigenvalue weighted by Gasteiger charge is -2.19. The molecule has 1 aromatic rings. The van der Waals surface area contributed by atoms with Crippen molar-refractivity contribution in [3.8, 4) is 0 Å². The molecule has 1 aliphatic heterocycles. The zero-order valence-corrected chi connectivity index (χ0v) is 10.9. The SMILES string of the molecule is CC(CCl)C(=O)N1CCC(c2ccccc2)C1. The number of carbonyl (C=O) groups excluding carboxylic acids is 1. The molecule has 2 rings (SSSR count). The topological polar surface area (TPSA) is 20.3 Å². The van der Waals surface area contributed by atoms with Crippen molar-refractivity contribution >= 4 is 17.5 Å². The second-order valence-electron chi connectivity index (χ2n) is 4.74. The van der Waals surface area contributed by atoms with Crippen molar-refractivity contribution in [1.29, 1.82) is 0 Å². The highest BCUT2D eigenvalue weighted by Crippen LogP contribution is 2.27. The maximum Gasteiger partial charge on any atom is 0.226 e. The van der Waals surface area contributed by atoms with Crippen LogP contribution in [0.5, 0.6) is 0 Å². The summed E-state index contributed by atoms with van der Waals surface area (Å²) < 4.78 is 0. The summed E-state index contributed by atoms with van der Waals surface area (Å²) in [6.45, 7) is 3.59. The van der Waals surface area contributed by atoms with Gasteiger partial charge in [-0.05, 0) is 12.0 Å². The van der Waals surface area contributed by atoms with Crippen molar-refractivity contribution < 1.29 is 4.79 Å². The molecule has 92 valence electrons. The summed E-state index contributed by atoms with van der Waals surface area (Å²) in [4.78, 5) is 13.9. The lowest BCUT2D eigenvalue weighted by molar-refractivity contribution is -0.133. The summed E-state index contributed by atoms with van der Waals surface area (Å²) in [5.41, 5.74) is 1.33. The Morgan fingerprint density at radius 2 is 2.18 bits per heavy atom. The Morgan fingerprint density at radius 1 is 1.47 bits per heavy atom. The molecule has 0 radical (unpaired) electrons. The molecule has 0 spiro atoms. The molecule has 2 atom stereocenters. The average Bonchev–Trinajstić information content (AvgIpc) is 2.87. The van der Waals surface area contributed by atoms with Gasteiger partial charge in [0.2, 0.25) is 5.91 Å². The van der Waals surface area contributed by atoms with E-state index in [4.69, 9.17) is 11.6 Å². The molecule has 1 heterocycles. The van der Waals surface area contributed by atoms with Crippen molar-refractivity contribution in [2.75, 3.05) is 19.0 Å². The Balaban J connectivity index is 1.98. The molecule has 0 aliphatic carbocycles. The molecule has 0 N–H and O–H groups in total. The van der Waals surface area contributed by atoms with Crippen LogP contribution in [0.2, 0.25) is 0 Å². The minimum absolute atomic E-state index is 0.0637. The monoisotopic (exact) mass is 251 g/mol. The summed E-state index contributed by atoms with van der Waals surface area (Å²) >= 11 is 5.73. The van der Waals surface area contributed by atoms with Crippen molar-refractivity contribution in [2.24, 2.45) is 5.92 Å². The van der Waals surface area contributed by atoms with Gasteiger partial charge < -0.3 is 4.90 Å². The molecule has 1 fully saturated rings. The van der Waals surface area contributed by atoms with Crippen LogP contribution in [0.25, 0.3) is 0 Å². The van der Waals surface area contributed by atoms with E-state index in [2.05, 4.69) is 24.3 Å². The maximum atomic E-state index is 12.0. The third kappa shape index (κ3) is 2.81. The Labute approximate surface area is 108 Å².